The van der Waals surface area contributed by atoms with Gasteiger partial charge >= 0.3 is 0 Å². The van der Waals surface area contributed by atoms with E-state index >= 15 is 0 Å². The number of hydrogen-bond donors (Lipinski definition) is 1. The fourth-order valence-electron chi connectivity index (χ4n) is 2.28. The van der Waals surface area contributed by atoms with Crippen LogP contribution in [0, 0.1) is 0 Å². The van der Waals surface area contributed by atoms with Crippen molar-refractivity contribution in [1.29, 1.82) is 0 Å². The Bertz CT molecular complexity index is 538. The molecule has 2 aromatic rings. The molecule has 1 aromatic carbocycles. The van der Waals surface area contributed by atoms with E-state index in [2.05, 4.69) is 85.5 Å². The highest BCUT2D eigenvalue weighted by atomic mass is 79.9. The van der Waals surface area contributed by atoms with Gasteiger partial charge in [0, 0.05) is 33.3 Å². The topological polar surface area (TPSA) is 24.9 Å². The van der Waals surface area contributed by atoms with Crippen LogP contribution in [0.3, 0.4) is 0 Å². The Balaban J connectivity index is 2.11. The van der Waals surface area contributed by atoms with Crippen molar-refractivity contribution < 1.29 is 0 Å². The molecule has 0 bridgehead atoms. The van der Waals surface area contributed by atoms with E-state index in [-0.39, 0.29) is 0 Å². The summed E-state index contributed by atoms with van der Waals surface area (Å²) >= 11 is 6.94. The molecule has 0 fully saturated rings. The molecule has 0 radical (unpaired) electrons. The quantitative estimate of drug-likeness (QED) is 0.653. The lowest BCUT2D eigenvalue weighted by Gasteiger charge is -2.18. The highest BCUT2D eigenvalue weighted by molar-refractivity contribution is 9.10. The summed E-state index contributed by atoms with van der Waals surface area (Å²) < 4.78 is 2.14. The molecule has 4 heteroatoms. The van der Waals surface area contributed by atoms with E-state index < -0.39 is 0 Å². The molecule has 1 unspecified atom stereocenters. The SMILES string of the molecule is CCCNCC(Cc1ccc(Br)cn1)c1ccc(Br)cc1. The van der Waals surface area contributed by atoms with E-state index in [0.717, 1.165) is 40.6 Å². The van der Waals surface area contributed by atoms with Crippen molar-refractivity contribution in [2.75, 3.05) is 13.1 Å². The zero-order valence-electron chi connectivity index (χ0n) is 12.2. The van der Waals surface area contributed by atoms with E-state index in [1.807, 2.05) is 6.20 Å². The number of pyridine rings is 1. The van der Waals surface area contributed by atoms with Gasteiger partial charge in [0.25, 0.3) is 0 Å². The number of rotatable bonds is 7. The summed E-state index contributed by atoms with van der Waals surface area (Å²) in [6, 6.07) is 12.8. The van der Waals surface area contributed by atoms with Crippen LogP contribution in [0.5, 0.6) is 0 Å². The summed E-state index contributed by atoms with van der Waals surface area (Å²) in [5.74, 6) is 0.443. The van der Waals surface area contributed by atoms with Gasteiger partial charge < -0.3 is 5.32 Å². The van der Waals surface area contributed by atoms with Crippen molar-refractivity contribution in [3.05, 3.63) is 62.8 Å². The summed E-state index contributed by atoms with van der Waals surface area (Å²) in [5.41, 5.74) is 2.48. The van der Waals surface area contributed by atoms with Gasteiger partial charge in [-0.15, -0.1) is 0 Å². The van der Waals surface area contributed by atoms with Crippen LogP contribution in [-0.2, 0) is 6.42 Å². The fraction of sp³-hybridized carbons (Fsp3) is 0.353. The highest BCUT2D eigenvalue weighted by Gasteiger charge is 2.13. The Morgan fingerprint density at radius 1 is 1.05 bits per heavy atom. The fourth-order valence-corrected chi connectivity index (χ4v) is 2.77. The molecule has 0 amide bonds. The molecule has 1 atom stereocenters. The van der Waals surface area contributed by atoms with Gasteiger partial charge in [-0.25, -0.2) is 0 Å². The lowest BCUT2D eigenvalue weighted by Crippen LogP contribution is -2.24. The van der Waals surface area contributed by atoms with Crippen molar-refractivity contribution in [2.24, 2.45) is 0 Å². The maximum Gasteiger partial charge on any atom is 0.0413 e. The first-order valence-corrected chi connectivity index (χ1v) is 8.84. The van der Waals surface area contributed by atoms with Crippen LogP contribution >= 0.6 is 31.9 Å². The molecule has 2 nitrogen and oxygen atoms in total. The molecule has 2 rings (SSSR count). The largest absolute Gasteiger partial charge is 0.316 e. The number of hydrogen-bond acceptors (Lipinski definition) is 2. The molecular formula is C17H20Br2N2. The first-order chi connectivity index (χ1) is 10.2. The average molecular weight is 412 g/mol. The van der Waals surface area contributed by atoms with Crippen molar-refractivity contribution in [1.82, 2.24) is 10.3 Å². The highest BCUT2D eigenvalue weighted by Crippen LogP contribution is 2.22. The van der Waals surface area contributed by atoms with Crippen LogP contribution in [0.1, 0.15) is 30.5 Å². The minimum atomic E-state index is 0.443. The first-order valence-electron chi connectivity index (χ1n) is 7.25. The maximum atomic E-state index is 4.51. The summed E-state index contributed by atoms with van der Waals surface area (Å²) in [6.45, 7) is 4.23. The van der Waals surface area contributed by atoms with E-state index in [0.29, 0.717) is 5.92 Å². The summed E-state index contributed by atoms with van der Waals surface area (Å²) in [4.78, 5) is 4.51. The Labute approximate surface area is 143 Å². The van der Waals surface area contributed by atoms with Crippen molar-refractivity contribution in [3.8, 4) is 0 Å². The zero-order valence-corrected chi connectivity index (χ0v) is 15.3. The molecule has 0 saturated carbocycles. The van der Waals surface area contributed by atoms with Crippen LogP contribution in [-0.4, -0.2) is 18.1 Å². The molecular weight excluding hydrogens is 392 g/mol. The standard InChI is InChI=1S/C17H20Br2N2/c1-2-9-20-11-14(13-3-5-15(18)6-4-13)10-17-8-7-16(19)12-21-17/h3-8,12,14,20H,2,9-11H2,1H3. The third-order valence-electron chi connectivity index (χ3n) is 3.40. The number of nitrogens with one attached hydrogen (secondary N) is 1. The third-order valence-corrected chi connectivity index (χ3v) is 4.40. The Morgan fingerprint density at radius 2 is 1.76 bits per heavy atom. The van der Waals surface area contributed by atoms with Gasteiger partial charge in [0.05, 0.1) is 0 Å². The van der Waals surface area contributed by atoms with Gasteiger partial charge in [0.2, 0.25) is 0 Å². The zero-order chi connectivity index (χ0) is 15.1. The van der Waals surface area contributed by atoms with Crippen molar-refractivity contribution in [2.45, 2.75) is 25.7 Å². The molecule has 21 heavy (non-hydrogen) atoms. The molecule has 1 aromatic heterocycles. The van der Waals surface area contributed by atoms with E-state index in [9.17, 15) is 0 Å². The van der Waals surface area contributed by atoms with Crippen LogP contribution in [0.2, 0.25) is 0 Å². The van der Waals surface area contributed by atoms with Gasteiger partial charge in [-0.3, -0.25) is 4.98 Å². The van der Waals surface area contributed by atoms with Gasteiger partial charge in [0.1, 0.15) is 0 Å². The molecule has 0 spiro atoms. The second-order valence-electron chi connectivity index (χ2n) is 5.12. The molecule has 0 aliphatic carbocycles. The number of benzene rings is 1. The number of halogens is 2. The molecule has 0 aliphatic rings. The van der Waals surface area contributed by atoms with E-state index in [1.54, 1.807) is 0 Å². The lowest BCUT2D eigenvalue weighted by molar-refractivity contribution is 0.572. The Morgan fingerprint density at radius 3 is 2.38 bits per heavy atom. The lowest BCUT2D eigenvalue weighted by atomic mass is 9.94. The number of nitrogens with zero attached hydrogens (tertiary/aromatic N) is 1. The van der Waals surface area contributed by atoms with Crippen LogP contribution in [0.25, 0.3) is 0 Å². The summed E-state index contributed by atoms with van der Waals surface area (Å²) in [6.07, 6.45) is 3.97. The van der Waals surface area contributed by atoms with Gasteiger partial charge in [-0.05, 0) is 65.1 Å². The Hall–Kier alpha value is -0.710. The van der Waals surface area contributed by atoms with Crippen molar-refractivity contribution >= 4 is 31.9 Å². The first kappa shape index (κ1) is 16.7. The average Bonchev–Trinajstić information content (AvgIpc) is 2.49. The van der Waals surface area contributed by atoms with E-state index in [4.69, 9.17) is 0 Å². The normalized spacial score (nSPS) is 12.3. The molecule has 0 saturated heterocycles. The second-order valence-corrected chi connectivity index (χ2v) is 6.96. The minimum absolute atomic E-state index is 0.443. The molecule has 1 heterocycles. The summed E-state index contributed by atoms with van der Waals surface area (Å²) in [7, 11) is 0. The maximum absolute atomic E-state index is 4.51. The smallest absolute Gasteiger partial charge is 0.0413 e. The predicted molar refractivity (Wildman–Crippen MR) is 95.7 cm³/mol. The molecule has 1 N–H and O–H groups in total. The molecule has 0 aliphatic heterocycles. The minimum Gasteiger partial charge on any atom is -0.316 e. The summed E-state index contributed by atoms with van der Waals surface area (Å²) in [5, 5.41) is 3.53. The van der Waals surface area contributed by atoms with Crippen LogP contribution < -0.4 is 5.32 Å². The van der Waals surface area contributed by atoms with Crippen LogP contribution in [0.15, 0.2) is 51.5 Å². The monoisotopic (exact) mass is 410 g/mol. The van der Waals surface area contributed by atoms with E-state index in [1.165, 1.54) is 5.56 Å². The molecule has 112 valence electrons. The Kier molecular flexibility index (Phi) is 6.87. The predicted octanol–water partition coefficient (Wildman–Crippen LogP) is 4.93. The second kappa shape index (κ2) is 8.66. The number of aromatic nitrogens is 1. The van der Waals surface area contributed by atoms with Crippen LogP contribution in [0.4, 0.5) is 0 Å². The van der Waals surface area contributed by atoms with Gasteiger partial charge in [0.15, 0.2) is 0 Å². The van der Waals surface area contributed by atoms with Gasteiger partial charge in [-0.1, -0.05) is 35.0 Å². The van der Waals surface area contributed by atoms with Gasteiger partial charge in [-0.2, -0.15) is 0 Å². The van der Waals surface area contributed by atoms with Crippen molar-refractivity contribution in [3.63, 3.8) is 0 Å². The third kappa shape index (κ3) is 5.53.